The third kappa shape index (κ3) is 6.22. The lowest BCUT2D eigenvalue weighted by atomic mass is 9.65. The molecule has 0 unspecified atom stereocenters. The summed E-state index contributed by atoms with van der Waals surface area (Å²) in [6.45, 7) is 4.58. The molecular weight excluding hydrogens is 360 g/mol. The number of hydrogen-bond donors (Lipinski definition) is 0. The fraction of sp³-hybridized carbons (Fsp3) is 0.600. The normalized spacial score (nSPS) is 15.9. The van der Waals surface area contributed by atoms with E-state index >= 15 is 0 Å². The molecule has 0 nitrogen and oxygen atoms in total. The van der Waals surface area contributed by atoms with Crippen LogP contribution < -0.4 is 0 Å². The van der Waals surface area contributed by atoms with Crippen molar-refractivity contribution >= 4 is 0 Å². The minimum atomic E-state index is 0.236. The van der Waals surface area contributed by atoms with E-state index in [0.29, 0.717) is 0 Å². The molecule has 1 fully saturated rings. The maximum Gasteiger partial charge on any atom is 0.0202 e. The second-order valence-electron chi connectivity index (χ2n) is 9.66. The summed E-state index contributed by atoms with van der Waals surface area (Å²) in [5.41, 5.74) is 6.37. The van der Waals surface area contributed by atoms with Crippen LogP contribution in [-0.4, -0.2) is 0 Å². The molecule has 0 N–H and O–H groups in total. The van der Waals surface area contributed by atoms with Gasteiger partial charge in [0, 0.05) is 5.41 Å². The van der Waals surface area contributed by atoms with E-state index in [1.54, 1.807) is 11.1 Å². The van der Waals surface area contributed by atoms with E-state index in [1.807, 2.05) is 0 Å². The van der Waals surface area contributed by atoms with E-state index in [-0.39, 0.29) is 5.41 Å². The van der Waals surface area contributed by atoms with Crippen molar-refractivity contribution in [3.05, 3.63) is 70.8 Å². The average molecular weight is 405 g/mol. The van der Waals surface area contributed by atoms with Gasteiger partial charge in [0.05, 0.1) is 0 Å². The molecule has 2 aromatic rings. The van der Waals surface area contributed by atoms with Crippen LogP contribution in [0.3, 0.4) is 0 Å². The van der Waals surface area contributed by atoms with Gasteiger partial charge in [-0.15, -0.1) is 0 Å². The van der Waals surface area contributed by atoms with Crippen molar-refractivity contribution in [1.29, 1.82) is 0 Å². The standard InChI is InChI=1S/C30H44/c1-3-5-7-10-14-26-16-20-28(21-17-26)30(24-12-9-13-25-30)29-22-18-27(19-23-29)15-11-8-6-4-2/h16-23H,3-15,24-25H2,1-2H3. The molecule has 1 saturated carbocycles. The second-order valence-corrected chi connectivity index (χ2v) is 9.66. The van der Waals surface area contributed by atoms with Gasteiger partial charge in [-0.2, -0.15) is 0 Å². The molecular formula is C30H44. The molecule has 0 bridgehead atoms. The predicted molar refractivity (Wildman–Crippen MR) is 132 cm³/mol. The fourth-order valence-electron chi connectivity index (χ4n) is 5.39. The van der Waals surface area contributed by atoms with Crippen molar-refractivity contribution < 1.29 is 0 Å². The maximum atomic E-state index is 2.46. The predicted octanol–water partition coefficient (Wildman–Crippen LogP) is 9.18. The number of aryl methyl sites for hydroxylation is 2. The van der Waals surface area contributed by atoms with E-state index < -0.39 is 0 Å². The molecule has 0 heteroatoms. The zero-order chi connectivity index (χ0) is 21.1. The minimum absolute atomic E-state index is 0.236. The zero-order valence-corrected chi connectivity index (χ0v) is 19.7. The van der Waals surface area contributed by atoms with Crippen LogP contribution in [0.1, 0.15) is 120 Å². The molecule has 0 aromatic heterocycles. The van der Waals surface area contributed by atoms with E-state index in [1.165, 1.54) is 107 Å². The molecule has 0 aliphatic heterocycles. The quantitative estimate of drug-likeness (QED) is 0.309. The number of benzene rings is 2. The van der Waals surface area contributed by atoms with Crippen LogP contribution in [0, 0.1) is 0 Å². The largest absolute Gasteiger partial charge is 0.0654 e. The summed E-state index contributed by atoms with van der Waals surface area (Å²) in [6.07, 6.45) is 20.0. The van der Waals surface area contributed by atoms with Crippen LogP contribution in [0.15, 0.2) is 48.5 Å². The highest BCUT2D eigenvalue weighted by atomic mass is 14.4. The first kappa shape index (κ1) is 23.1. The Kier molecular flexibility index (Phi) is 9.50. The van der Waals surface area contributed by atoms with Crippen LogP contribution in [0.25, 0.3) is 0 Å². The van der Waals surface area contributed by atoms with Crippen molar-refractivity contribution in [1.82, 2.24) is 0 Å². The first-order chi connectivity index (χ1) is 14.8. The van der Waals surface area contributed by atoms with Gasteiger partial charge in [-0.25, -0.2) is 0 Å². The Morgan fingerprint density at radius 3 is 1.37 bits per heavy atom. The number of unbranched alkanes of at least 4 members (excludes halogenated alkanes) is 6. The molecule has 30 heavy (non-hydrogen) atoms. The minimum Gasteiger partial charge on any atom is -0.0654 e. The first-order valence-electron chi connectivity index (χ1n) is 13.0. The van der Waals surface area contributed by atoms with Crippen LogP contribution in [0.2, 0.25) is 0 Å². The molecule has 164 valence electrons. The highest BCUT2D eigenvalue weighted by molar-refractivity contribution is 5.42. The zero-order valence-electron chi connectivity index (χ0n) is 19.7. The Bertz CT molecular complexity index is 643. The second kappa shape index (κ2) is 12.3. The average Bonchev–Trinajstić information content (AvgIpc) is 2.81. The first-order valence-corrected chi connectivity index (χ1v) is 13.0. The smallest absolute Gasteiger partial charge is 0.0202 e. The molecule has 0 heterocycles. The fourth-order valence-corrected chi connectivity index (χ4v) is 5.39. The van der Waals surface area contributed by atoms with Crippen molar-refractivity contribution in [3.63, 3.8) is 0 Å². The van der Waals surface area contributed by atoms with Crippen LogP contribution in [0.4, 0.5) is 0 Å². The molecule has 2 aromatic carbocycles. The van der Waals surface area contributed by atoms with Gasteiger partial charge in [0.15, 0.2) is 0 Å². The summed E-state index contributed by atoms with van der Waals surface area (Å²) >= 11 is 0. The van der Waals surface area contributed by atoms with Gasteiger partial charge in [0.1, 0.15) is 0 Å². The van der Waals surface area contributed by atoms with Crippen molar-refractivity contribution in [3.8, 4) is 0 Å². The maximum absolute atomic E-state index is 2.46. The molecule has 3 rings (SSSR count). The third-order valence-corrected chi connectivity index (χ3v) is 7.36. The van der Waals surface area contributed by atoms with Crippen LogP contribution >= 0.6 is 0 Å². The number of rotatable bonds is 12. The summed E-state index contributed by atoms with van der Waals surface area (Å²) in [4.78, 5) is 0. The molecule has 0 saturated heterocycles. The summed E-state index contributed by atoms with van der Waals surface area (Å²) in [5.74, 6) is 0. The summed E-state index contributed by atoms with van der Waals surface area (Å²) < 4.78 is 0. The van der Waals surface area contributed by atoms with E-state index in [9.17, 15) is 0 Å². The van der Waals surface area contributed by atoms with Gasteiger partial charge in [0.2, 0.25) is 0 Å². The van der Waals surface area contributed by atoms with E-state index in [2.05, 4.69) is 62.4 Å². The monoisotopic (exact) mass is 404 g/mol. The Morgan fingerprint density at radius 2 is 0.967 bits per heavy atom. The number of hydrogen-bond acceptors (Lipinski definition) is 0. The van der Waals surface area contributed by atoms with Crippen molar-refractivity contribution in [2.75, 3.05) is 0 Å². The van der Waals surface area contributed by atoms with Gasteiger partial charge in [0.25, 0.3) is 0 Å². The highest BCUT2D eigenvalue weighted by Crippen LogP contribution is 2.45. The summed E-state index contributed by atoms with van der Waals surface area (Å²) in [6, 6.07) is 19.5. The lowest BCUT2D eigenvalue weighted by Gasteiger charge is -2.39. The Balaban J connectivity index is 1.71. The van der Waals surface area contributed by atoms with Crippen LogP contribution in [0.5, 0.6) is 0 Å². The Morgan fingerprint density at radius 1 is 0.533 bits per heavy atom. The Labute approximate surface area is 186 Å². The topological polar surface area (TPSA) is 0 Å². The SMILES string of the molecule is CCCCCCc1ccc(C2(c3ccc(CCCCCC)cc3)CCCCC2)cc1. The van der Waals surface area contributed by atoms with Gasteiger partial charge in [-0.1, -0.05) is 120 Å². The van der Waals surface area contributed by atoms with E-state index in [4.69, 9.17) is 0 Å². The van der Waals surface area contributed by atoms with Gasteiger partial charge in [-0.05, 0) is 60.8 Å². The van der Waals surface area contributed by atoms with Crippen LogP contribution in [-0.2, 0) is 18.3 Å². The lowest BCUT2D eigenvalue weighted by molar-refractivity contribution is 0.346. The lowest BCUT2D eigenvalue weighted by Crippen LogP contribution is -2.30. The highest BCUT2D eigenvalue weighted by Gasteiger charge is 2.35. The Hall–Kier alpha value is -1.56. The molecule has 1 aliphatic rings. The van der Waals surface area contributed by atoms with Gasteiger partial charge >= 0.3 is 0 Å². The van der Waals surface area contributed by atoms with Gasteiger partial charge in [-0.3, -0.25) is 0 Å². The molecule has 0 atom stereocenters. The molecule has 1 aliphatic carbocycles. The molecule has 0 spiro atoms. The summed E-state index contributed by atoms with van der Waals surface area (Å²) in [7, 11) is 0. The van der Waals surface area contributed by atoms with Crippen molar-refractivity contribution in [2.45, 2.75) is 116 Å². The third-order valence-electron chi connectivity index (χ3n) is 7.36. The van der Waals surface area contributed by atoms with Crippen molar-refractivity contribution in [2.24, 2.45) is 0 Å². The summed E-state index contributed by atoms with van der Waals surface area (Å²) in [5, 5.41) is 0. The van der Waals surface area contributed by atoms with E-state index in [0.717, 1.165) is 0 Å². The van der Waals surface area contributed by atoms with Gasteiger partial charge < -0.3 is 0 Å². The molecule has 0 radical (unpaired) electrons. The molecule has 0 amide bonds.